The van der Waals surface area contributed by atoms with Crippen LogP contribution < -0.4 is 4.90 Å². The normalized spacial score (nSPS) is 14.3. The van der Waals surface area contributed by atoms with E-state index in [0.29, 0.717) is 6.54 Å². The molecule has 0 bridgehead atoms. The lowest BCUT2D eigenvalue weighted by atomic mass is 10.1. The number of aryl methyl sites for hydroxylation is 2. The zero-order valence-electron chi connectivity index (χ0n) is 15.3. The van der Waals surface area contributed by atoms with E-state index in [1.807, 2.05) is 12.1 Å². The average molecular weight is 369 g/mol. The molecule has 0 N–H and O–H groups in total. The van der Waals surface area contributed by atoms with Crippen molar-refractivity contribution in [2.75, 3.05) is 18.0 Å². The Morgan fingerprint density at radius 2 is 1.85 bits per heavy atom. The van der Waals surface area contributed by atoms with E-state index in [9.17, 15) is 0 Å². The molecule has 0 atom stereocenters. The van der Waals surface area contributed by atoms with Gasteiger partial charge < -0.3 is 9.32 Å². The van der Waals surface area contributed by atoms with Crippen molar-refractivity contribution in [1.82, 2.24) is 14.8 Å². The van der Waals surface area contributed by atoms with Crippen molar-refractivity contribution in [1.29, 1.82) is 0 Å². The summed E-state index contributed by atoms with van der Waals surface area (Å²) in [4.78, 5) is 2.33. The summed E-state index contributed by atoms with van der Waals surface area (Å²) >= 11 is 1.74. The topological polar surface area (TPSA) is 47.1 Å². The predicted molar refractivity (Wildman–Crippen MR) is 105 cm³/mol. The molecule has 4 rings (SSSR count). The summed E-state index contributed by atoms with van der Waals surface area (Å²) in [5.74, 6) is 2.78. The van der Waals surface area contributed by atoms with Crippen LogP contribution in [0.15, 0.2) is 46.2 Å². The van der Waals surface area contributed by atoms with E-state index >= 15 is 0 Å². The molecule has 2 aromatic heterocycles. The van der Waals surface area contributed by atoms with E-state index in [4.69, 9.17) is 4.42 Å². The van der Waals surface area contributed by atoms with Crippen molar-refractivity contribution >= 4 is 17.7 Å². The maximum absolute atomic E-state index is 5.57. The van der Waals surface area contributed by atoms with Gasteiger partial charge in [0.05, 0.1) is 12.8 Å². The van der Waals surface area contributed by atoms with Crippen LogP contribution in [0.5, 0.6) is 0 Å². The average Bonchev–Trinajstić information content (AvgIpc) is 3.35. The largest absolute Gasteiger partial charge is 0.467 e. The molecule has 3 aromatic rings. The predicted octanol–water partition coefficient (Wildman–Crippen LogP) is 4.43. The van der Waals surface area contributed by atoms with Gasteiger partial charge >= 0.3 is 0 Å². The van der Waals surface area contributed by atoms with E-state index < -0.39 is 0 Å². The molecule has 1 aliphatic heterocycles. The molecule has 0 unspecified atom stereocenters. The van der Waals surface area contributed by atoms with E-state index in [1.54, 1.807) is 18.0 Å². The molecular formula is C20H24N4OS. The Bertz CT molecular complexity index is 846. The van der Waals surface area contributed by atoms with Crippen LogP contribution in [0.1, 0.15) is 35.3 Å². The Morgan fingerprint density at radius 3 is 2.54 bits per heavy atom. The zero-order valence-corrected chi connectivity index (χ0v) is 16.1. The number of nitrogens with zero attached hydrogens (tertiary/aromatic N) is 4. The highest BCUT2D eigenvalue weighted by Crippen LogP contribution is 2.28. The van der Waals surface area contributed by atoms with Gasteiger partial charge in [-0.25, -0.2) is 0 Å². The second-order valence-electron chi connectivity index (χ2n) is 6.93. The van der Waals surface area contributed by atoms with Gasteiger partial charge in [-0.2, -0.15) is 0 Å². The first kappa shape index (κ1) is 17.2. The molecule has 1 saturated heterocycles. The quantitative estimate of drug-likeness (QED) is 0.603. The van der Waals surface area contributed by atoms with Crippen molar-refractivity contribution in [2.24, 2.45) is 0 Å². The van der Waals surface area contributed by atoms with Crippen molar-refractivity contribution in [3.05, 3.63) is 59.0 Å². The highest BCUT2D eigenvalue weighted by atomic mass is 32.2. The van der Waals surface area contributed by atoms with Crippen LogP contribution in [0.4, 0.5) is 5.95 Å². The molecule has 136 valence electrons. The van der Waals surface area contributed by atoms with Crippen molar-refractivity contribution < 1.29 is 4.42 Å². The second kappa shape index (κ2) is 7.58. The maximum Gasteiger partial charge on any atom is 0.228 e. The van der Waals surface area contributed by atoms with Crippen LogP contribution >= 0.6 is 11.8 Å². The Labute approximate surface area is 158 Å². The number of hydrogen-bond acceptors (Lipinski definition) is 5. The van der Waals surface area contributed by atoms with Gasteiger partial charge in [0.2, 0.25) is 5.95 Å². The number of rotatable bonds is 6. The third kappa shape index (κ3) is 3.80. The lowest BCUT2D eigenvalue weighted by Crippen LogP contribution is -2.22. The first-order valence-electron chi connectivity index (χ1n) is 9.09. The summed E-state index contributed by atoms with van der Waals surface area (Å²) in [7, 11) is 0. The van der Waals surface area contributed by atoms with Gasteiger partial charge in [-0.3, -0.25) is 4.57 Å². The molecule has 1 fully saturated rings. The molecule has 1 aromatic carbocycles. The molecule has 3 heterocycles. The number of anilines is 1. The first-order valence-corrected chi connectivity index (χ1v) is 10.1. The standard InChI is InChI=1S/C20H24N4OS/c1-15-10-16(2)12-17(11-15)14-26-20-22-21-19(23-7-3-4-8-23)24(20)13-18-6-5-9-25-18/h5-6,9-12H,3-4,7-8,13-14H2,1-2H3. The molecule has 0 aliphatic carbocycles. The minimum Gasteiger partial charge on any atom is -0.467 e. The van der Waals surface area contributed by atoms with Crippen LogP contribution in [0.25, 0.3) is 0 Å². The summed E-state index contributed by atoms with van der Waals surface area (Å²) in [6, 6.07) is 10.6. The van der Waals surface area contributed by atoms with Crippen LogP contribution in [0.3, 0.4) is 0 Å². The fourth-order valence-electron chi connectivity index (χ4n) is 3.54. The lowest BCUT2D eigenvalue weighted by Gasteiger charge is -2.17. The van der Waals surface area contributed by atoms with Gasteiger partial charge in [0.1, 0.15) is 5.76 Å². The van der Waals surface area contributed by atoms with E-state index in [-0.39, 0.29) is 0 Å². The minimum atomic E-state index is 0.668. The summed E-state index contributed by atoms with van der Waals surface area (Å²) < 4.78 is 7.76. The minimum absolute atomic E-state index is 0.668. The highest BCUT2D eigenvalue weighted by Gasteiger charge is 2.22. The summed E-state index contributed by atoms with van der Waals surface area (Å²) in [6.45, 7) is 7.06. The monoisotopic (exact) mass is 368 g/mol. The fourth-order valence-corrected chi connectivity index (χ4v) is 4.40. The number of aromatic nitrogens is 3. The third-order valence-electron chi connectivity index (χ3n) is 4.63. The molecule has 1 aliphatic rings. The maximum atomic E-state index is 5.57. The SMILES string of the molecule is Cc1cc(C)cc(CSc2nnc(N3CCCC3)n2Cc2ccco2)c1. The van der Waals surface area contributed by atoms with Crippen LogP contribution in [0.2, 0.25) is 0 Å². The van der Waals surface area contributed by atoms with Gasteiger partial charge in [-0.15, -0.1) is 10.2 Å². The summed E-state index contributed by atoms with van der Waals surface area (Å²) in [5, 5.41) is 9.94. The number of benzene rings is 1. The first-order chi connectivity index (χ1) is 12.7. The molecule has 0 saturated carbocycles. The Balaban J connectivity index is 1.58. The van der Waals surface area contributed by atoms with Gasteiger partial charge in [-0.05, 0) is 44.4 Å². The number of furan rings is 1. The molecule has 0 amide bonds. The fraction of sp³-hybridized carbons (Fsp3) is 0.400. The van der Waals surface area contributed by atoms with E-state index in [0.717, 1.165) is 35.7 Å². The molecule has 5 nitrogen and oxygen atoms in total. The van der Waals surface area contributed by atoms with E-state index in [1.165, 1.54) is 29.5 Å². The summed E-state index contributed by atoms with van der Waals surface area (Å²) in [6.07, 6.45) is 4.16. The number of hydrogen-bond donors (Lipinski definition) is 0. The molecule has 0 spiro atoms. The van der Waals surface area contributed by atoms with Gasteiger partial charge in [0.25, 0.3) is 0 Å². The Hall–Kier alpha value is -2.21. The molecular weight excluding hydrogens is 344 g/mol. The van der Waals surface area contributed by atoms with E-state index in [2.05, 4.69) is 51.7 Å². The molecule has 26 heavy (non-hydrogen) atoms. The molecule has 6 heteroatoms. The van der Waals surface area contributed by atoms with Crippen LogP contribution in [-0.4, -0.2) is 27.9 Å². The van der Waals surface area contributed by atoms with Crippen LogP contribution in [-0.2, 0) is 12.3 Å². The highest BCUT2D eigenvalue weighted by molar-refractivity contribution is 7.98. The summed E-state index contributed by atoms with van der Waals surface area (Å²) in [5.41, 5.74) is 3.92. The van der Waals surface area contributed by atoms with Gasteiger partial charge in [0, 0.05) is 18.8 Å². The molecule has 0 radical (unpaired) electrons. The third-order valence-corrected chi connectivity index (χ3v) is 5.67. The Morgan fingerprint density at radius 1 is 1.08 bits per heavy atom. The van der Waals surface area contributed by atoms with Crippen molar-refractivity contribution in [3.8, 4) is 0 Å². The lowest BCUT2D eigenvalue weighted by molar-refractivity contribution is 0.483. The zero-order chi connectivity index (χ0) is 17.9. The smallest absolute Gasteiger partial charge is 0.228 e. The van der Waals surface area contributed by atoms with Crippen molar-refractivity contribution in [2.45, 2.75) is 44.1 Å². The van der Waals surface area contributed by atoms with Gasteiger partial charge in [0.15, 0.2) is 5.16 Å². The van der Waals surface area contributed by atoms with Gasteiger partial charge in [-0.1, -0.05) is 41.1 Å². The number of thioether (sulfide) groups is 1. The second-order valence-corrected chi connectivity index (χ2v) is 7.87. The Kier molecular flexibility index (Phi) is 5.02. The van der Waals surface area contributed by atoms with Crippen molar-refractivity contribution in [3.63, 3.8) is 0 Å². The van der Waals surface area contributed by atoms with Crippen LogP contribution in [0, 0.1) is 13.8 Å².